The zero-order valence-corrected chi connectivity index (χ0v) is 18.2. The van der Waals surface area contributed by atoms with Crippen molar-refractivity contribution in [3.05, 3.63) is 0 Å². The molecule has 5 aliphatic rings. The summed E-state index contributed by atoms with van der Waals surface area (Å²) in [4.78, 5) is 4.72. The largest absolute Gasteiger partial charge is 0.385 e. The Morgan fingerprint density at radius 3 is 2.20 bits per heavy atom. The second-order valence-corrected chi connectivity index (χ2v) is 10.5. The SMILES string of the molecule is C#CC1CCC2N=C(N)C(O)(C3CCC(C4(C5CCCCC5)OCCO4)CC3)C2C1. The van der Waals surface area contributed by atoms with Gasteiger partial charge in [0.25, 0.3) is 0 Å². The van der Waals surface area contributed by atoms with E-state index in [2.05, 4.69) is 5.92 Å². The summed E-state index contributed by atoms with van der Waals surface area (Å²) < 4.78 is 12.8. The third-order valence-electron chi connectivity index (χ3n) is 9.16. The van der Waals surface area contributed by atoms with Crippen molar-refractivity contribution in [2.24, 2.45) is 40.3 Å². The molecule has 0 radical (unpaired) electrons. The lowest BCUT2D eigenvalue weighted by atomic mass is 9.62. The van der Waals surface area contributed by atoms with Crippen LogP contribution in [0.1, 0.15) is 77.0 Å². The number of ether oxygens (including phenoxy) is 2. The molecule has 3 aliphatic carbocycles. The average Bonchev–Trinajstić information content (AvgIpc) is 3.39. The number of hydrogen-bond donors (Lipinski definition) is 2. The number of fused-ring (bicyclic) bond motifs is 1. The fourth-order valence-corrected chi connectivity index (χ4v) is 7.61. The van der Waals surface area contributed by atoms with Gasteiger partial charge in [-0.2, -0.15) is 0 Å². The zero-order valence-electron chi connectivity index (χ0n) is 18.2. The Morgan fingerprint density at radius 1 is 0.900 bits per heavy atom. The van der Waals surface area contributed by atoms with E-state index < -0.39 is 5.60 Å². The lowest BCUT2D eigenvalue weighted by Gasteiger charge is -2.48. The topological polar surface area (TPSA) is 77.1 Å². The Hall–Kier alpha value is -1.09. The first-order valence-corrected chi connectivity index (χ1v) is 12.4. The Morgan fingerprint density at radius 2 is 1.53 bits per heavy atom. The number of amidine groups is 1. The molecule has 2 aliphatic heterocycles. The Labute approximate surface area is 181 Å². The van der Waals surface area contributed by atoms with Gasteiger partial charge in [0.2, 0.25) is 0 Å². The van der Waals surface area contributed by atoms with Crippen molar-refractivity contribution in [2.75, 3.05) is 13.2 Å². The van der Waals surface area contributed by atoms with Crippen LogP contribution in [-0.2, 0) is 9.47 Å². The van der Waals surface area contributed by atoms with E-state index in [1.165, 1.54) is 32.1 Å². The fraction of sp³-hybridized carbons (Fsp3) is 0.880. The lowest BCUT2D eigenvalue weighted by Crippen LogP contribution is -2.56. The highest BCUT2D eigenvalue weighted by Crippen LogP contribution is 2.53. The minimum absolute atomic E-state index is 0.0835. The molecule has 3 saturated carbocycles. The molecule has 0 aromatic rings. The molecule has 0 spiro atoms. The van der Waals surface area contributed by atoms with Gasteiger partial charge in [0, 0.05) is 23.7 Å². The molecule has 5 rings (SSSR count). The number of aliphatic imine (C=N–C) groups is 1. The lowest BCUT2D eigenvalue weighted by molar-refractivity contribution is -0.245. The van der Waals surface area contributed by atoms with Crippen LogP contribution in [-0.4, -0.2) is 41.6 Å². The quantitative estimate of drug-likeness (QED) is 0.691. The standard InChI is InChI=1S/C25H38N2O3/c1-2-17-8-13-22-21(16-17)24(28,23(26)27-22)18-9-11-20(12-10-18)25(29-14-15-30-25)19-6-4-3-5-7-19/h1,17-22,28H,3-16H2,(H2,26,27). The van der Waals surface area contributed by atoms with Gasteiger partial charge in [-0.3, -0.25) is 4.99 Å². The maximum Gasteiger partial charge on any atom is 0.174 e. The number of nitrogens with two attached hydrogens (primary N) is 1. The summed E-state index contributed by atoms with van der Waals surface area (Å²) >= 11 is 0. The third-order valence-corrected chi connectivity index (χ3v) is 9.16. The summed E-state index contributed by atoms with van der Waals surface area (Å²) in [5.41, 5.74) is 5.40. The predicted molar refractivity (Wildman–Crippen MR) is 117 cm³/mol. The maximum absolute atomic E-state index is 11.9. The number of hydrogen-bond acceptors (Lipinski definition) is 5. The highest BCUT2D eigenvalue weighted by molar-refractivity contribution is 5.91. The molecule has 3 N–H and O–H groups in total. The molecule has 2 heterocycles. The summed E-state index contributed by atoms with van der Waals surface area (Å²) in [5.74, 6) is 4.43. The molecule has 5 nitrogen and oxygen atoms in total. The van der Waals surface area contributed by atoms with Crippen LogP contribution < -0.4 is 5.73 Å². The Kier molecular flexibility index (Phi) is 5.62. The smallest absolute Gasteiger partial charge is 0.174 e. The second-order valence-electron chi connectivity index (χ2n) is 10.5. The first-order valence-electron chi connectivity index (χ1n) is 12.4. The second kappa shape index (κ2) is 8.11. The highest BCUT2D eigenvalue weighted by Gasteiger charge is 2.58. The number of terminal acetylenes is 1. The van der Waals surface area contributed by atoms with Crippen molar-refractivity contribution in [1.82, 2.24) is 0 Å². The maximum atomic E-state index is 11.9. The highest BCUT2D eigenvalue weighted by atomic mass is 16.7. The normalized spacial score (nSPS) is 44.3. The van der Waals surface area contributed by atoms with Crippen molar-refractivity contribution in [3.8, 4) is 12.3 Å². The first kappa shape index (κ1) is 20.8. The van der Waals surface area contributed by atoms with Gasteiger partial charge in [0.05, 0.1) is 19.3 Å². The van der Waals surface area contributed by atoms with Crippen LogP contribution in [0.4, 0.5) is 0 Å². The van der Waals surface area contributed by atoms with E-state index in [0.717, 1.165) is 58.2 Å². The van der Waals surface area contributed by atoms with Gasteiger partial charge in [0.1, 0.15) is 11.4 Å². The van der Waals surface area contributed by atoms with Crippen LogP contribution in [0.15, 0.2) is 4.99 Å². The van der Waals surface area contributed by atoms with E-state index in [0.29, 0.717) is 17.7 Å². The van der Waals surface area contributed by atoms with Crippen molar-refractivity contribution in [3.63, 3.8) is 0 Å². The average molecular weight is 415 g/mol. The van der Waals surface area contributed by atoms with Gasteiger partial charge in [-0.05, 0) is 63.7 Å². The molecule has 166 valence electrons. The molecule has 4 unspecified atom stereocenters. The van der Waals surface area contributed by atoms with E-state index in [1.807, 2.05) is 0 Å². The molecule has 1 saturated heterocycles. The van der Waals surface area contributed by atoms with Crippen molar-refractivity contribution >= 4 is 5.84 Å². The van der Waals surface area contributed by atoms with Gasteiger partial charge in [-0.1, -0.05) is 19.3 Å². The van der Waals surface area contributed by atoms with Crippen LogP contribution in [0, 0.1) is 41.9 Å². The van der Waals surface area contributed by atoms with Gasteiger partial charge in [-0.15, -0.1) is 12.3 Å². The van der Waals surface area contributed by atoms with E-state index in [4.69, 9.17) is 26.6 Å². The minimum atomic E-state index is -0.986. The molecular weight excluding hydrogens is 376 g/mol. The van der Waals surface area contributed by atoms with Gasteiger partial charge in [0.15, 0.2) is 5.79 Å². The van der Waals surface area contributed by atoms with E-state index >= 15 is 0 Å². The summed E-state index contributed by atoms with van der Waals surface area (Å²) in [5, 5.41) is 11.9. The van der Waals surface area contributed by atoms with Crippen LogP contribution in [0.2, 0.25) is 0 Å². The summed E-state index contributed by atoms with van der Waals surface area (Å²) in [6.45, 7) is 1.44. The van der Waals surface area contributed by atoms with Gasteiger partial charge in [-0.25, -0.2) is 0 Å². The Bertz CT molecular complexity index is 696. The molecule has 4 fully saturated rings. The van der Waals surface area contributed by atoms with Crippen LogP contribution in [0.3, 0.4) is 0 Å². The Balaban J connectivity index is 1.30. The van der Waals surface area contributed by atoms with Crippen molar-refractivity contribution < 1.29 is 14.6 Å². The van der Waals surface area contributed by atoms with Gasteiger partial charge >= 0.3 is 0 Å². The van der Waals surface area contributed by atoms with E-state index in [-0.39, 0.29) is 29.6 Å². The monoisotopic (exact) mass is 414 g/mol. The molecule has 0 aromatic heterocycles. The van der Waals surface area contributed by atoms with Crippen molar-refractivity contribution in [1.29, 1.82) is 0 Å². The fourth-order valence-electron chi connectivity index (χ4n) is 7.61. The summed E-state index contributed by atoms with van der Waals surface area (Å²) in [6.07, 6.45) is 18.9. The molecule has 0 bridgehead atoms. The molecule has 5 heteroatoms. The van der Waals surface area contributed by atoms with Gasteiger partial charge < -0.3 is 20.3 Å². The molecule has 0 amide bonds. The minimum Gasteiger partial charge on any atom is -0.385 e. The molecule has 30 heavy (non-hydrogen) atoms. The molecule has 4 atom stereocenters. The zero-order chi connectivity index (χ0) is 20.8. The molecular formula is C25H38N2O3. The van der Waals surface area contributed by atoms with E-state index in [1.54, 1.807) is 0 Å². The third kappa shape index (κ3) is 3.22. The number of rotatable bonds is 3. The summed E-state index contributed by atoms with van der Waals surface area (Å²) in [7, 11) is 0. The van der Waals surface area contributed by atoms with E-state index in [9.17, 15) is 5.11 Å². The van der Waals surface area contributed by atoms with Crippen molar-refractivity contribution in [2.45, 2.75) is 94.5 Å². The predicted octanol–water partition coefficient (Wildman–Crippen LogP) is 3.64. The van der Waals surface area contributed by atoms with Crippen LogP contribution in [0.25, 0.3) is 0 Å². The van der Waals surface area contributed by atoms with Crippen LogP contribution in [0.5, 0.6) is 0 Å². The summed E-state index contributed by atoms with van der Waals surface area (Å²) in [6, 6.07) is 0.146. The number of aliphatic hydroxyl groups is 1. The molecule has 0 aromatic carbocycles. The number of nitrogens with zero attached hydrogens (tertiary/aromatic N) is 1. The first-order chi connectivity index (χ1) is 14.6. The van der Waals surface area contributed by atoms with Crippen LogP contribution >= 0.6 is 0 Å².